The molecule has 0 aliphatic carbocycles. The SMILES string of the molecule is COc1cccc(NC(=O)NCC2CCN(C(C)C)CC2)c1OC. The number of para-hydroxylation sites is 1. The van der Waals surface area contributed by atoms with E-state index in [2.05, 4.69) is 29.4 Å². The van der Waals surface area contributed by atoms with Crippen molar-refractivity contribution in [3.63, 3.8) is 0 Å². The molecule has 0 saturated carbocycles. The number of urea groups is 1. The second-order valence-electron chi connectivity index (χ2n) is 6.45. The number of piperidine rings is 1. The summed E-state index contributed by atoms with van der Waals surface area (Å²) in [5, 5.41) is 5.81. The van der Waals surface area contributed by atoms with E-state index in [1.807, 2.05) is 6.07 Å². The Hall–Kier alpha value is -1.95. The van der Waals surface area contributed by atoms with E-state index in [0.717, 1.165) is 25.9 Å². The van der Waals surface area contributed by atoms with Crippen molar-refractivity contribution in [2.45, 2.75) is 32.7 Å². The third-order valence-electron chi connectivity index (χ3n) is 4.58. The van der Waals surface area contributed by atoms with Gasteiger partial charge in [0.15, 0.2) is 11.5 Å². The van der Waals surface area contributed by atoms with Crippen molar-refractivity contribution < 1.29 is 14.3 Å². The van der Waals surface area contributed by atoms with Crippen LogP contribution in [0.5, 0.6) is 11.5 Å². The number of carbonyl (C=O) groups is 1. The maximum atomic E-state index is 12.2. The monoisotopic (exact) mass is 335 g/mol. The van der Waals surface area contributed by atoms with Gasteiger partial charge in [0.25, 0.3) is 0 Å². The van der Waals surface area contributed by atoms with E-state index in [1.165, 1.54) is 0 Å². The van der Waals surface area contributed by atoms with Crippen molar-refractivity contribution in [3.8, 4) is 11.5 Å². The number of methoxy groups -OCH3 is 2. The van der Waals surface area contributed by atoms with E-state index < -0.39 is 0 Å². The highest BCUT2D eigenvalue weighted by Crippen LogP contribution is 2.34. The van der Waals surface area contributed by atoms with Crippen LogP contribution < -0.4 is 20.1 Å². The summed E-state index contributed by atoms with van der Waals surface area (Å²) in [6.45, 7) is 7.37. The normalized spacial score (nSPS) is 16.0. The third kappa shape index (κ3) is 4.77. The Labute approximate surface area is 144 Å². The summed E-state index contributed by atoms with van der Waals surface area (Å²) in [5.74, 6) is 1.66. The maximum absolute atomic E-state index is 12.2. The van der Waals surface area contributed by atoms with Gasteiger partial charge in [-0.1, -0.05) is 6.07 Å². The summed E-state index contributed by atoms with van der Waals surface area (Å²) in [6.07, 6.45) is 2.25. The van der Waals surface area contributed by atoms with Crippen molar-refractivity contribution in [2.75, 3.05) is 39.2 Å². The first-order valence-corrected chi connectivity index (χ1v) is 8.55. The number of likely N-dealkylation sites (tertiary alicyclic amines) is 1. The van der Waals surface area contributed by atoms with Crippen LogP contribution in [-0.2, 0) is 0 Å². The lowest BCUT2D eigenvalue weighted by atomic mass is 9.96. The average molecular weight is 335 g/mol. The van der Waals surface area contributed by atoms with Gasteiger partial charge in [0.1, 0.15) is 0 Å². The molecule has 6 nitrogen and oxygen atoms in total. The Kier molecular flexibility index (Phi) is 6.73. The highest BCUT2D eigenvalue weighted by atomic mass is 16.5. The van der Waals surface area contributed by atoms with Gasteiger partial charge in [-0.15, -0.1) is 0 Å². The summed E-state index contributed by atoms with van der Waals surface area (Å²) in [6, 6.07) is 5.79. The maximum Gasteiger partial charge on any atom is 0.319 e. The van der Waals surface area contributed by atoms with Crippen LogP contribution >= 0.6 is 0 Å². The van der Waals surface area contributed by atoms with Gasteiger partial charge in [0.05, 0.1) is 19.9 Å². The van der Waals surface area contributed by atoms with E-state index in [9.17, 15) is 4.79 Å². The van der Waals surface area contributed by atoms with Gasteiger partial charge in [0, 0.05) is 12.6 Å². The van der Waals surface area contributed by atoms with Gasteiger partial charge in [-0.05, 0) is 57.8 Å². The fourth-order valence-electron chi connectivity index (χ4n) is 3.06. The Morgan fingerprint density at radius 1 is 1.25 bits per heavy atom. The minimum Gasteiger partial charge on any atom is -0.493 e. The van der Waals surface area contributed by atoms with Gasteiger partial charge < -0.3 is 25.0 Å². The molecule has 1 fully saturated rings. The molecule has 1 aliphatic rings. The molecule has 2 N–H and O–H groups in total. The van der Waals surface area contributed by atoms with E-state index in [0.29, 0.717) is 35.7 Å². The first-order chi connectivity index (χ1) is 11.5. The fourth-order valence-corrected chi connectivity index (χ4v) is 3.06. The predicted octanol–water partition coefficient (Wildman–Crippen LogP) is 2.95. The number of nitrogens with one attached hydrogen (secondary N) is 2. The van der Waals surface area contributed by atoms with Crippen molar-refractivity contribution in [3.05, 3.63) is 18.2 Å². The number of ether oxygens (including phenoxy) is 2. The lowest BCUT2D eigenvalue weighted by molar-refractivity contribution is 0.149. The number of anilines is 1. The second-order valence-corrected chi connectivity index (χ2v) is 6.45. The molecule has 2 amide bonds. The minimum atomic E-state index is -0.215. The molecular formula is C18H29N3O3. The van der Waals surface area contributed by atoms with Crippen molar-refractivity contribution in [1.82, 2.24) is 10.2 Å². The zero-order valence-corrected chi connectivity index (χ0v) is 15.1. The number of amides is 2. The molecule has 0 bridgehead atoms. The number of carbonyl (C=O) groups excluding carboxylic acids is 1. The minimum absolute atomic E-state index is 0.215. The Balaban J connectivity index is 1.82. The van der Waals surface area contributed by atoms with Crippen LogP contribution in [0.25, 0.3) is 0 Å². The van der Waals surface area contributed by atoms with Crippen LogP contribution in [-0.4, -0.2) is 50.8 Å². The summed E-state index contributed by atoms with van der Waals surface area (Å²) in [5.41, 5.74) is 0.601. The van der Waals surface area contributed by atoms with Crippen LogP contribution in [0.2, 0.25) is 0 Å². The molecule has 1 aromatic rings. The summed E-state index contributed by atoms with van der Waals surface area (Å²) in [7, 11) is 3.13. The zero-order chi connectivity index (χ0) is 17.5. The van der Waals surface area contributed by atoms with Gasteiger partial charge in [-0.25, -0.2) is 4.79 Å². The number of nitrogens with zero attached hydrogens (tertiary/aromatic N) is 1. The highest BCUT2D eigenvalue weighted by Gasteiger charge is 2.21. The molecule has 0 unspecified atom stereocenters. The lowest BCUT2D eigenvalue weighted by Crippen LogP contribution is -2.42. The van der Waals surface area contributed by atoms with E-state index in [1.54, 1.807) is 26.4 Å². The van der Waals surface area contributed by atoms with Gasteiger partial charge in [-0.2, -0.15) is 0 Å². The van der Waals surface area contributed by atoms with Crippen LogP contribution in [0.15, 0.2) is 18.2 Å². The van der Waals surface area contributed by atoms with E-state index in [4.69, 9.17) is 9.47 Å². The standard InChI is InChI=1S/C18H29N3O3/c1-13(2)21-10-8-14(9-11-21)12-19-18(22)20-15-6-5-7-16(23-3)17(15)24-4/h5-7,13-14H,8-12H2,1-4H3,(H2,19,20,22). The van der Waals surface area contributed by atoms with Crippen LogP contribution in [0.4, 0.5) is 10.5 Å². The number of hydrogen-bond acceptors (Lipinski definition) is 4. The van der Waals surface area contributed by atoms with Crippen LogP contribution in [0.1, 0.15) is 26.7 Å². The molecule has 2 rings (SSSR count). The molecule has 0 atom stereocenters. The number of benzene rings is 1. The first-order valence-electron chi connectivity index (χ1n) is 8.55. The predicted molar refractivity (Wildman–Crippen MR) is 96.0 cm³/mol. The molecule has 6 heteroatoms. The number of rotatable bonds is 6. The summed E-state index contributed by atoms with van der Waals surface area (Å²) >= 11 is 0. The molecule has 1 heterocycles. The largest absolute Gasteiger partial charge is 0.493 e. The molecule has 0 aromatic heterocycles. The van der Waals surface area contributed by atoms with Gasteiger partial charge in [-0.3, -0.25) is 0 Å². The van der Waals surface area contributed by atoms with E-state index >= 15 is 0 Å². The topological polar surface area (TPSA) is 62.8 Å². The van der Waals surface area contributed by atoms with Gasteiger partial charge in [0.2, 0.25) is 0 Å². The van der Waals surface area contributed by atoms with E-state index in [-0.39, 0.29) is 6.03 Å². The Morgan fingerprint density at radius 3 is 2.54 bits per heavy atom. The molecule has 1 saturated heterocycles. The summed E-state index contributed by atoms with van der Waals surface area (Å²) < 4.78 is 10.6. The molecule has 24 heavy (non-hydrogen) atoms. The summed E-state index contributed by atoms with van der Waals surface area (Å²) in [4.78, 5) is 14.7. The third-order valence-corrected chi connectivity index (χ3v) is 4.58. The molecule has 1 aromatic carbocycles. The average Bonchev–Trinajstić information content (AvgIpc) is 2.60. The molecule has 0 spiro atoms. The van der Waals surface area contributed by atoms with Crippen molar-refractivity contribution in [2.24, 2.45) is 5.92 Å². The second kappa shape index (κ2) is 8.78. The lowest BCUT2D eigenvalue weighted by Gasteiger charge is -2.34. The van der Waals surface area contributed by atoms with Crippen molar-refractivity contribution in [1.29, 1.82) is 0 Å². The molecular weight excluding hydrogens is 306 g/mol. The first kappa shape index (κ1) is 18.4. The number of hydrogen-bond donors (Lipinski definition) is 2. The van der Waals surface area contributed by atoms with Crippen molar-refractivity contribution >= 4 is 11.7 Å². The highest BCUT2D eigenvalue weighted by molar-refractivity contribution is 5.91. The molecule has 0 radical (unpaired) electrons. The zero-order valence-electron chi connectivity index (χ0n) is 15.1. The quantitative estimate of drug-likeness (QED) is 0.839. The molecule has 1 aliphatic heterocycles. The smallest absolute Gasteiger partial charge is 0.319 e. The molecule has 134 valence electrons. The van der Waals surface area contributed by atoms with Crippen LogP contribution in [0, 0.1) is 5.92 Å². The Bertz CT molecular complexity index is 540. The Morgan fingerprint density at radius 2 is 1.96 bits per heavy atom. The van der Waals surface area contributed by atoms with Gasteiger partial charge >= 0.3 is 6.03 Å². The van der Waals surface area contributed by atoms with Crippen LogP contribution in [0.3, 0.4) is 0 Å². The fraction of sp³-hybridized carbons (Fsp3) is 0.611.